The summed E-state index contributed by atoms with van der Waals surface area (Å²) in [5.74, 6) is 0. The highest BCUT2D eigenvalue weighted by Gasteiger charge is 1.98. The molecule has 0 atom stereocenters. The number of aromatic nitrogens is 3. The van der Waals surface area contributed by atoms with Crippen molar-refractivity contribution in [3.63, 3.8) is 0 Å². The molecular weight excluding hydrogens is 294 g/mol. The molecule has 3 nitrogen and oxygen atoms in total. The third-order valence-corrected chi connectivity index (χ3v) is 3.28. The molecule has 0 aliphatic heterocycles. The first kappa shape index (κ1) is 19.6. The van der Waals surface area contributed by atoms with Crippen molar-refractivity contribution >= 4 is 16.5 Å². The van der Waals surface area contributed by atoms with Gasteiger partial charge in [0.15, 0.2) is 0 Å². The fraction of sp³-hybridized carbons (Fsp3) is 0.333. The Morgan fingerprint density at radius 2 is 1.71 bits per heavy atom. The molecule has 1 aromatic carbocycles. The van der Waals surface area contributed by atoms with Crippen molar-refractivity contribution in [3.8, 4) is 0 Å². The molecule has 0 unspecified atom stereocenters. The van der Waals surface area contributed by atoms with Crippen LogP contribution in [0.25, 0.3) is 16.5 Å². The van der Waals surface area contributed by atoms with E-state index < -0.39 is 0 Å². The van der Waals surface area contributed by atoms with E-state index in [0.717, 1.165) is 16.8 Å². The maximum Gasteiger partial charge on any atom is 0.0650 e. The molecule has 1 N–H and O–H groups in total. The molecule has 0 aliphatic rings. The van der Waals surface area contributed by atoms with Crippen LogP contribution < -0.4 is 0 Å². The molecule has 0 amide bonds. The Morgan fingerprint density at radius 1 is 1.04 bits per heavy atom. The van der Waals surface area contributed by atoms with E-state index in [4.69, 9.17) is 0 Å². The number of hydrogen-bond donors (Lipinski definition) is 1. The number of aromatic amines is 1. The van der Waals surface area contributed by atoms with Gasteiger partial charge in [-0.25, -0.2) is 0 Å². The second-order valence-corrected chi connectivity index (χ2v) is 6.09. The highest BCUT2D eigenvalue weighted by Crippen LogP contribution is 2.15. The van der Waals surface area contributed by atoms with E-state index in [-0.39, 0.29) is 0 Å². The van der Waals surface area contributed by atoms with Crippen molar-refractivity contribution in [1.82, 2.24) is 15.2 Å². The Labute approximate surface area is 145 Å². The van der Waals surface area contributed by atoms with E-state index in [2.05, 4.69) is 60.7 Å². The standard InChI is InChI=1S/C10H13N.C8H8N2.C3H8/c1-7(2)10-5-8(3)6-11-9(10)4;1-6-2-3-8-7(4-6)5-9-10-8;1-3-2/h5-6H,1H2,2-4H3;2-5H,1H3,(H,9,10);3H2,1-2H3. The maximum atomic E-state index is 4.24. The summed E-state index contributed by atoms with van der Waals surface area (Å²) in [7, 11) is 0. The zero-order chi connectivity index (χ0) is 18.1. The third kappa shape index (κ3) is 5.99. The van der Waals surface area contributed by atoms with Crippen molar-refractivity contribution in [3.05, 3.63) is 65.6 Å². The average Bonchev–Trinajstić information content (AvgIpc) is 2.98. The summed E-state index contributed by atoms with van der Waals surface area (Å²) in [6.45, 7) is 16.3. The third-order valence-electron chi connectivity index (χ3n) is 3.28. The fourth-order valence-corrected chi connectivity index (χ4v) is 2.13. The van der Waals surface area contributed by atoms with Gasteiger partial charge in [0.25, 0.3) is 0 Å². The number of nitrogens with one attached hydrogen (secondary N) is 1. The van der Waals surface area contributed by atoms with Crippen LogP contribution in [0.1, 0.15) is 49.6 Å². The van der Waals surface area contributed by atoms with Gasteiger partial charge < -0.3 is 0 Å². The average molecular weight is 323 g/mol. The van der Waals surface area contributed by atoms with Crippen LogP contribution in [-0.2, 0) is 0 Å². The van der Waals surface area contributed by atoms with Gasteiger partial charge in [0.05, 0.1) is 11.7 Å². The summed E-state index contributed by atoms with van der Waals surface area (Å²) in [5, 5.41) is 7.99. The Kier molecular flexibility index (Phi) is 7.90. The molecule has 3 aromatic rings. The van der Waals surface area contributed by atoms with Gasteiger partial charge >= 0.3 is 0 Å². The van der Waals surface area contributed by atoms with E-state index in [0.29, 0.717) is 0 Å². The summed E-state index contributed by atoms with van der Waals surface area (Å²) in [6, 6.07) is 8.33. The van der Waals surface area contributed by atoms with Gasteiger partial charge in [0, 0.05) is 17.3 Å². The van der Waals surface area contributed by atoms with Crippen LogP contribution >= 0.6 is 0 Å². The number of nitrogens with zero attached hydrogens (tertiary/aromatic N) is 2. The molecule has 3 heteroatoms. The zero-order valence-electron chi connectivity index (χ0n) is 15.8. The second-order valence-electron chi connectivity index (χ2n) is 6.09. The van der Waals surface area contributed by atoms with Crippen LogP contribution in [0.2, 0.25) is 0 Å². The van der Waals surface area contributed by atoms with Crippen molar-refractivity contribution in [2.24, 2.45) is 0 Å². The largest absolute Gasteiger partial charge is 0.278 e. The summed E-state index contributed by atoms with van der Waals surface area (Å²) < 4.78 is 0. The smallest absolute Gasteiger partial charge is 0.0650 e. The predicted octanol–water partition coefficient (Wildman–Crippen LogP) is 6.02. The van der Waals surface area contributed by atoms with E-state index in [1.807, 2.05) is 39.2 Å². The SMILES string of the molecule is C=C(C)c1cc(C)cnc1C.CCC.Cc1ccc2[nH]ncc2c1. The number of H-pyrrole nitrogens is 1. The lowest BCUT2D eigenvalue weighted by Gasteiger charge is -2.03. The first-order valence-corrected chi connectivity index (χ1v) is 8.37. The molecule has 0 aliphatic carbocycles. The molecular formula is C21H29N3. The number of hydrogen-bond acceptors (Lipinski definition) is 2. The van der Waals surface area contributed by atoms with E-state index >= 15 is 0 Å². The summed E-state index contributed by atoms with van der Waals surface area (Å²) >= 11 is 0. The minimum absolute atomic E-state index is 1.06. The molecule has 2 aromatic heterocycles. The van der Waals surface area contributed by atoms with Gasteiger partial charge in [-0.1, -0.05) is 38.5 Å². The number of pyridine rings is 1. The second kappa shape index (κ2) is 9.66. The quantitative estimate of drug-likeness (QED) is 0.595. The van der Waals surface area contributed by atoms with Gasteiger partial charge in [-0.3, -0.25) is 10.1 Å². The summed E-state index contributed by atoms with van der Waals surface area (Å²) in [6.07, 6.45) is 4.96. The van der Waals surface area contributed by atoms with Crippen LogP contribution in [-0.4, -0.2) is 15.2 Å². The molecule has 24 heavy (non-hydrogen) atoms. The molecule has 0 fully saturated rings. The fourth-order valence-electron chi connectivity index (χ4n) is 2.13. The number of benzene rings is 1. The zero-order valence-corrected chi connectivity index (χ0v) is 15.8. The minimum Gasteiger partial charge on any atom is -0.278 e. The lowest BCUT2D eigenvalue weighted by Crippen LogP contribution is -1.89. The molecule has 0 bridgehead atoms. The molecule has 2 heterocycles. The summed E-state index contributed by atoms with van der Waals surface area (Å²) in [5.41, 5.74) is 6.87. The minimum atomic E-state index is 1.06. The van der Waals surface area contributed by atoms with Crippen LogP contribution in [0.5, 0.6) is 0 Å². The van der Waals surface area contributed by atoms with Crippen molar-refractivity contribution in [1.29, 1.82) is 0 Å². The number of fused-ring (bicyclic) bond motifs is 1. The van der Waals surface area contributed by atoms with Gasteiger partial charge in [-0.05, 0) is 62.6 Å². The van der Waals surface area contributed by atoms with Gasteiger partial charge in [0.1, 0.15) is 0 Å². The van der Waals surface area contributed by atoms with E-state index in [9.17, 15) is 0 Å². The molecule has 0 radical (unpaired) electrons. The lowest BCUT2D eigenvalue weighted by atomic mass is 10.1. The maximum absolute atomic E-state index is 4.24. The number of rotatable bonds is 1. The molecule has 0 saturated heterocycles. The van der Waals surface area contributed by atoms with Gasteiger partial charge in [-0.15, -0.1) is 0 Å². The highest BCUT2D eigenvalue weighted by molar-refractivity contribution is 5.78. The van der Waals surface area contributed by atoms with Crippen LogP contribution in [0.15, 0.2) is 43.2 Å². The normalized spacial score (nSPS) is 9.58. The Morgan fingerprint density at radius 3 is 2.29 bits per heavy atom. The van der Waals surface area contributed by atoms with Crippen molar-refractivity contribution in [2.45, 2.75) is 48.0 Å². The monoisotopic (exact) mass is 323 g/mol. The van der Waals surface area contributed by atoms with E-state index in [1.54, 1.807) is 0 Å². The number of allylic oxidation sites excluding steroid dienone is 1. The Bertz CT molecular complexity index is 785. The van der Waals surface area contributed by atoms with Gasteiger partial charge in [-0.2, -0.15) is 5.10 Å². The van der Waals surface area contributed by atoms with Crippen molar-refractivity contribution < 1.29 is 0 Å². The Hall–Kier alpha value is -2.42. The van der Waals surface area contributed by atoms with Crippen molar-refractivity contribution in [2.75, 3.05) is 0 Å². The predicted molar refractivity (Wildman–Crippen MR) is 105 cm³/mol. The Balaban J connectivity index is 0.000000207. The van der Waals surface area contributed by atoms with Crippen LogP contribution in [0.4, 0.5) is 0 Å². The van der Waals surface area contributed by atoms with Gasteiger partial charge in [0.2, 0.25) is 0 Å². The van der Waals surface area contributed by atoms with Crippen LogP contribution in [0, 0.1) is 20.8 Å². The molecule has 0 saturated carbocycles. The lowest BCUT2D eigenvalue weighted by molar-refractivity contribution is 1.09. The van der Waals surface area contributed by atoms with E-state index in [1.165, 1.54) is 28.5 Å². The number of aryl methyl sites for hydroxylation is 3. The summed E-state index contributed by atoms with van der Waals surface area (Å²) in [4.78, 5) is 4.24. The molecule has 128 valence electrons. The molecule has 0 spiro atoms. The highest BCUT2D eigenvalue weighted by atomic mass is 15.1. The molecule has 3 rings (SSSR count). The first-order chi connectivity index (χ1) is 11.4. The first-order valence-electron chi connectivity index (χ1n) is 8.37. The van der Waals surface area contributed by atoms with Crippen LogP contribution in [0.3, 0.4) is 0 Å². The topological polar surface area (TPSA) is 41.6 Å².